The van der Waals surface area contributed by atoms with Crippen molar-refractivity contribution in [2.24, 2.45) is 0 Å². The molecule has 0 atom stereocenters. The lowest BCUT2D eigenvalue weighted by molar-refractivity contribution is 0.277. The first-order chi connectivity index (χ1) is 7.81. The van der Waals surface area contributed by atoms with Gasteiger partial charge >= 0.3 is 0 Å². The summed E-state index contributed by atoms with van der Waals surface area (Å²) in [5, 5.41) is 11.6. The topological polar surface area (TPSA) is 29.5 Å². The third kappa shape index (κ3) is 2.24. The summed E-state index contributed by atoms with van der Waals surface area (Å²) in [6, 6.07) is 11.1. The molecule has 0 amide bonds. The van der Waals surface area contributed by atoms with Gasteiger partial charge in [0.1, 0.15) is 0 Å². The zero-order valence-electron chi connectivity index (χ0n) is 8.82. The summed E-state index contributed by atoms with van der Waals surface area (Å²) in [5.41, 5.74) is 0. The maximum atomic E-state index is 11.9. The van der Waals surface area contributed by atoms with Crippen LogP contribution in [0.4, 0.5) is 4.39 Å². The van der Waals surface area contributed by atoms with Gasteiger partial charge < -0.3 is 9.84 Å². The Kier molecular flexibility index (Phi) is 3.25. The second kappa shape index (κ2) is 4.84. The minimum atomic E-state index is -0.408. The molecule has 0 aromatic heterocycles. The molecule has 0 aliphatic rings. The standard InChI is InChI=1S/C13H13FO2/c14-6-3-7-16-13-9-11-5-2-1-4-10(11)8-12(13)15/h1-2,4-5,8-9,15H,3,6-7H2. The van der Waals surface area contributed by atoms with Crippen molar-refractivity contribution in [3.05, 3.63) is 36.4 Å². The number of hydrogen-bond donors (Lipinski definition) is 1. The Balaban J connectivity index is 2.27. The first-order valence-electron chi connectivity index (χ1n) is 5.22. The molecule has 0 saturated carbocycles. The van der Waals surface area contributed by atoms with Gasteiger partial charge in [0.2, 0.25) is 0 Å². The van der Waals surface area contributed by atoms with Crippen molar-refractivity contribution in [3.63, 3.8) is 0 Å². The van der Waals surface area contributed by atoms with E-state index in [2.05, 4.69) is 0 Å². The van der Waals surface area contributed by atoms with E-state index in [0.29, 0.717) is 12.2 Å². The highest BCUT2D eigenvalue weighted by Crippen LogP contribution is 2.31. The SMILES string of the molecule is Oc1cc2ccccc2cc1OCCCF. The van der Waals surface area contributed by atoms with Crippen molar-refractivity contribution in [1.82, 2.24) is 0 Å². The highest BCUT2D eigenvalue weighted by Gasteiger charge is 2.04. The van der Waals surface area contributed by atoms with Crippen molar-refractivity contribution < 1.29 is 14.2 Å². The molecular formula is C13H13FO2. The van der Waals surface area contributed by atoms with Gasteiger partial charge in [0.25, 0.3) is 0 Å². The quantitative estimate of drug-likeness (QED) is 0.801. The summed E-state index contributed by atoms with van der Waals surface area (Å²) < 4.78 is 17.2. The summed E-state index contributed by atoms with van der Waals surface area (Å²) >= 11 is 0. The van der Waals surface area contributed by atoms with Crippen molar-refractivity contribution in [2.75, 3.05) is 13.3 Å². The summed E-state index contributed by atoms with van der Waals surface area (Å²) in [4.78, 5) is 0. The molecule has 2 aromatic carbocycles. The van der Waals surface area contributed by atoms with Gasteiger partial charge in [-0.25, -0.2) is 0 Å². The van der Waals surface area contributed by atoms with E-state index < -0.39 is 6.67 Å². The van der Waals surface area contributed by atoms with Gasteiger partial charge in [0.05, 0.1) is 13.3 Å². The predicted octanol–water partition coefficient (Wildman–Crippen LogP) is 3.28. The molecule has 2 aromatic rings. The number of aromatic hydroxyl groups is 1. The number of fused-ring (bicyclic) bond motifs is 1. The van der Waals surface area contributed by atoms with Crippen LogP contribution >= 0.6 is 0 Å². The van der Waals surface area contributed by atoms with Crippen LogP contribution in [-0.2, 0) is 0 Å². The highest BCUT2D eigenvalue weighted by atomic mass is 19.1. The smallest absolute Gasteiger partial charge is 0.161 e. The van der Waals surface area contributed by atoms with E-state index in [9.17, 15) is 9.50 Å². The second-order valence-corrected chi connectivity index (χ2v) is 3.56. The number of rotatable bonds is 4. The molecule has 0 bridgehead atoms. The van der Waals surface area contributed by atoms with E-state index in [0.717, 1.165) is 10.8 Å². The van der Waals surface area contributed by atoms with E-state index in [1.165, 1.54) is 0 Å². The van der Waals surface area contributed by atoms with Crippen LogP contribution < -0.4 is 4.74 Å². The molecule has 2 nitrogen and oxygen atoms in total. The van der Waals surface area contributed by atoms with Gasteiger partial charge in [-0.15, -0.1) is 0 Å². The van der Waals surface area contributed by atoms with Gasteiger partial charge in [-0.3, -0.25) is 4.39 Å². The van der Waals surface area contributed by atoms with Crippen LogP contribution in [0.2, 0.25) is 0 Å². The highest BCUT2D eigenvalue weighted by molar-refractivity contribution is 5.85. The fourth-order valence-corrected chi connectivity index (χ4v) is 1.56. The molecule has 0 fully saturated rings. The Bertz CT molecular complexity index is 482. The van der Waals surface area contributed by atoms with Crippen molar-refractivity contribution in [1.29, 1.82) is 0 Å². The maximum Gasteiger partial charge on any atom is 0.161 e. The molecule has 0 aliphatic carbocycles. The number of hydrogen-bond acceptors (Lipinski definition) is 2. The van der Waals surface area contributed by atoms with E-state index >= 15 is 0 Å². The van der Waals surface area contributed by atoms with Gasteiger partial charge in [-0.1, -0.05) is 24.3 Å². The Hall–Kier alpha value is -1.77. The Morgan fingerprint density at radius 1 is 1.12 bits per heavy atom. The molecule has 3 heteroatoms. The number of alkyl halides is 1. The van der Waals surface area contributed by atoms with E-state index in [4.69, 9.17) is 4.74 Å². The van der Waals surface area contributed by atoms with Gasteiger partial charge in [0.15, 0.2) is 11.5 Å². The zero-order chi connectivity index (χ0) is 11.4. The van der Waals surface area contributed by atoms with Crippen LogP contribution in [0.5, 0.6) is 11.5 Å². The van der Waals surface area contributed by atoms with Crippen molar-refractivity contribution >= 4 is 10.8 Å². The third-order valence-electron chi connectivity index (χ3n) is 2.36. The van der Waals surface area contributed by atoms with E-state index in [1.807, 2.05) is 24.3 Å². The van der Waals surface area contributed by atoms with Crippen molar-refractivity contribution in [3.8, 4) is 11.5 Å². The maximum absolute atomic E-state index is 11.9. The lowest BCUT2D eigenvalue weighted by Crippen LogP contribution is -1.98. The molecule has 0 aliphatic heterocycles. The van der Waals surface area contributed by atoms with Gasteiger partial charge in [-0.2, -0.15) is 0 Å². The summed E-state index contributed by atoms with van der Waals surface area (Å²) in [5.74, 6) is 0.504. The molecule has 1 N–H and O–H groups in total. The monoisotopic (exact) mass is 220 g/mol. The Morgan fingerprint density at radius 2 is 1.81 bits per heavy atom. The summed E-state index contributed by atoms with van der Waals surface area (Å²) in [6.45, 7) is -0.128. The minimum absolute atomic E-state index is 0.0950. The summed E-state index contributed by atoms with van der Waals surface area (Å²) in [6.07, 6.45) is 0.340. The molecular weight excluding hydrogens is 207 g/mol. The lowest BCUT2D eigenvalue weighted by Gasteiger charge is -2.08. The number of halogens is 1. The molecule has 2 rings (SSSR count). The Labute approximate surface area is 93.3 Å². The third-order valence-corrected chi connectivity index (χ3v) is 2.36. The Morgan fingerprint density at radius 3 is 2.50 bits per heavy atom. The number of benzene rings is 2. The zero-order valence-corrected chi connectivity index (χ0v) is 8.82. The summed E-state index contributed by atoms with van der Waals surface area (Å²) in [7, 11) is 0. The largest absolute Gasteiger partial charge is 0.504 e. The van der Waals surface area contributed by atoms with Gasteiger partial charge in [0, 0.05) is 6.42 Å². The van der Waals surface area contributed by atoms with Crippen LogP contribution in [0.15, 0.2) is 36.4 Å². The molecule has 0 spiro atoms. The minimum Gasteiger partial charge on any atom is -0.504 e. The number of ether oxygens (including phenoxy) is 1. The molecule has 84 valence electrons. The van der Waals surface area contributed by atoms with Gasteiger partial charge in [-0.05, 0) is 22.9 Å². The molecule has 0 unspecified atom stereocenters. The van der Waals surface area contributed by atoms with Crippen LogP contribution in [-0.4, -0.2) is 18.4 Å². The average Bonchev–Trinajstić information content (AvgIpc) is 2.30. The van der Waals surface area contributed by atoms with E-state index in [1.54, 1.807) is 12.1 Å². The van der Waals surface area contributed by atoms with Crippen molar-refractivity contribution in [2.45, 2.75) is 6.42 Å². The molecule has 0 saturated heterocycles. The average molecular weight is 220 g/mol. The fraction of sp³-hybridized carbons (Fsp3) is 0.231. The fourth-order valence-electron chi connectivity index (χ4n) is 1.56. The molecule has 0 heterocycles. The van der Waals surface area contributed by atoms with Crippen LogP contribution in [0.3, 0.4) is 0 Å². The second-order valence-electron chi connectivity index (χ2n) is 3.56. The number of phenols is 1. The van der Waals surface area contributed by atoms with E-state index in [-0.39, 0.29) is 12.4 Å². The molecule has 16 heavy (non-hydrogen) atoms. The van der Waals surface area contributed by atoms with Crippen LogP contribution in [0, 0.1) is 0 Å². The van der Waals surface area contributed by atoms with Crippen LogP contribution in [0.25, 0.3) is 10.8 Å². The first-order valence-corrected chi connectivity index (χ1v) is 5.22. The molecule has 0 radical (unpaired) electrons. The first kappa shape index (κ1) is 10.7. The number of phenolic OH excluding ortho intramolecular Hbond substituents is 1. The lowest BCUT2D eigenvalue weighted by atomic mass is 10.1. The van der Waals surface area contributed by atoms with Crippen LogP contribution in [0.1, 0.15) is 6.42 Å². The predicted molar refractivity (Wildman–Crippen MR) is 61.7 cm³/mol. The normalized spacial score (nSPS) is 10.6.